The van der Waals surface area contributed by atoms with Crippen LogP contribution in [0, 0.1) is 20.1 Å². The Morgan fingerprint density at radius 1 is 1.39 bits per heavy atom. The Kier molecular flexibility index (Phi) is 7.25. The van der Waals surface area contributed by atoms with Crippen LogP contribution in [0.5, 0.6) is 0 Å². The van der Waals surface area contributed by atoms with Crippen molar-refractivity contribution in [3.8, 4) is 6.07 Å². The van der Waals surface area contributed by atoms with E-state index >= 15 is 0 Å². The summed E-state index contributed by atoms with van der Waals surface area (Å²) in [7, 11) is 0. The molecule has 3 atom stereocenters. The van der Waals surface area contributed by atoms with Crippen LogP contribution in [0.2, 0.25) is 0 Å². The van der Waals surface area contributed by atoms with Gasteiger partial charge in [-0.25, -0.2) is 18.0 Å². The highest BCUT2D eigenvalue weighted by atomic mass is 127. The SMILES string of the molecule is CC(C)(C)OC(=O)N1CCC(Nc2cccc3c(C(F)C(F)F)c(I)sc23)C(C#N)C1. The van der Waals surface area contributed by atoms with Crippen LogP contribution in [0.3, 0.4) is 0 Å². The molecule has 1 fully saturated rings. The number of carbonyl (C=O) groups excluding carboxylic acids is 1. The minimum absolute atomic E-state index is 0.0100. The number of anilines is 1. The number of likely N-dealkylation sites (tertiary alicyclic amines) is 1. The van der Waals surface area contributed by atoms with Crippen LogP contribution in [0.15, 0.2) is 18.2 Å². The fourth-order valence-corrected chi connectivity index (χ4v) is 5.84. The fourth-order valence-electron chi connectivity index (χ4n) is 3.55. The quantitative estimate of drug-likeness (QED) is 0.440. The average molecular weight is 565 g/mol. The highest BCUT2D eigenvalue weighted by Gasteiger charge is 2.34. The Balaban J connectivity index is 1.81. The molecule has 31 heavy (non-hydrogen) atoms. The van der Waals surface area contributed by atoms with Gasteiger partial charge in [0.05, 0.1) is 25.3 Å². The van der Waals surface area contributed by atoms with E-state index in [1.807, 2.05) is 22.6 Å². The Morgan fingerprint density at radius 3 is 2.71 bits per heavy atom. The fraction of sp³-hybridized carbons (Fsp3) is 0.524. The summed E-state index contributed by atoms with van der Waals surface area (Å²) < 4.78 is 46.7. The Morgan fingerprint density at radius 2 is 2.10 bits per heavy atom. The molecule has 5 nitrogen and oxygen atoms in total. The average Bonchev–Trinajstić information content (AvgIpc) is 3.03. The van der Waals surface area contributed by atoms with Gasteiger partial charge < -0.3 is 15.0 Å². The molecule has 0 bridgehead atoms. The van der Waals surface area contributed by atoms with E-state index in [-0.39, 0.29) is 18.2 Å². The number of nitrogens with one attached hydrogen (secondary N) is 1. The molecule has 3 unspecified atom stereocenters. The van der Waals surface area contributed by atoms with Crippen molar-refractivity contribution in [3.63, 3.8) is 0 Å². The molecule has 0 aliphatic carbocycles. The zero-order valence-electron chi connectivity index (χ0n) is 17.3. The number of fused-ring (bicyclic) bond motifs is 1. The van der Waals surface area contributed by atoms with Gasteiger partial charge in [0.2, 0.25) is 0 Å². The smallest absolute Gasteiger partial charge is 0.410 e. The lowest BCUT2D eigenvalue weighted by Gasteiger charge is -2.37. The van der Waals surface area contributed by atoms with Crippen molar-refractivity contribution in [1.29, 1.82) is 5.26 Å². The summed E-state index contributed by atoms with van der Waals surface area (Å²) in [6.45, 7) is 6.01. The number of nitrogens with zero attached hydrogens (tertiary/aromatic N) is 2. The van der Waals surface area contributed by atoms with E-state index in [4.69, 9.17) is 4.74 Å². The maximum atomic E-state index is 14.2. The van der Waals surface area contributed by atoms with Gasteiger partial charge in [-0.15, -0.1) is 11.3 Å². The molecule has 3 rings (SSSR count). The van der Waals surface area contributed by atoms with E-state index in [0.717, 1.165) is 0 Å². The summed E-state index contributed by atoms with van der Waals surface area (Å²) >= 11 is 3.13. The number of hydrogen-bond donors (Lipinski definition) is 1. The van der Waals surface area contributed by atoms with Gasteiger partial charge in [-0.05, 0) is 55.8 Å². The lowest BCUT2D eigenvalue weighted by Crippen LogP contribution is -2.49. The van der Waals surface area contributed by atoms with Gasteiger partial charge in [-0.1, -0.05) is 12.1 Å². The lowest BCUT2D eigenvalue weighted by molar-refractivity contribution is 0.0181. The number of hydrogen-bond acceptors (Lipinski definition) is 5. The number of piperidine rings is 1. The number of halogens is 4. The molecule has 1 aliphatic rings. The largest absolute Gasteiger partial charge is 0.444 e. The minimum atomic E-state index is -3.09. The summed E-state index contributed by atoms with van der Waals surface area (Å²) in [5.74, 6) is -0.481. The summed E-state index contributed by atoms with van der Waals surface area (Å²) in [6.07, 6.45) is -5.37. The Hall–Kier alpha value is -1.74. The van der Waals surface area contributed by atoms with Gasteiger partial charge in [0.1, 0.15) is 5.60 Å². The van der Waals surface area contributed by atoms with Crippen molar-refractivity contribution < 1.29 is 22.7 Å². The molecule has 1 N–H and O–H groups in total. The van der Waals surface area contributed by atoms with E-state index in [0.29, 0.717) is 31.6 Å². The lowest BCUT2D eigenvalue weighted by atomic mass is 9.93. The number of amides is 1. The van der Waals surface area contributed by atoms with Crippen LogP contribution in [-0.2, 0) is 4.74 Å². The third-order valence-corrected chi connectivity index (χ3v) is 7.26. The third-order valence-electron chi connectivity index (χ3n) is 4.98. The van der Waals surface area contributed by atoms with Crippen LogP contribution in [-0.4, -0.2) is 42.2 Å². The number of rotatable bonds is 4. The number of alkyl halides is 3. The first-order chi connectivity index (χ1) is 14.5. The molecule has 1 amide bonds. The van der Waals surface area contributed by atoms with Gasteiger partial charge in [-0.2, -0.15) is 5.26 Å². The van der Waals surface area contributed by atoms with Gasteiger partial charge >= 0.3 is 6.09 Å². The molecule has 1 aromatic heterocycles. The van der Waals surface area contributed by atoms with Crippen LogP contribution in [0.25, 0.3) is 10.1 Å². The van der Waals surface area contributed by atoms with Crippen molar-refractivity contribution in [3.05, 3.63) is 26.6 Å². The molecular formula is C21H23F3IN3O2S. The first-order valence-corrected chi connectivity index (χ1v) is 11.7. The zero-order chi connectivity index (χ0) is 22.9. The molecule has 1 saturated heterocycles. The minimum Gasteiger partial charge on any atom is -0.444 e. The second-order valence-electron chi connectivity index (χ2n) is 8.41. The van der Waals surface area contributed by atoms with E-state index in [1.165, 1.54) is 16.2 Å². The third kappa shape index (κ3) is 5.37. The van der Waals surface area contributed by atoms with Crippen molar-refractivity contribution in [1.82, 2.24) is 4.90 Å². The molecule has 0 saturated carbocycles. The summed E-state index contributed by atoms with van der Waals surface area (Å²) in [5.41, 5.74) is 0.0599. The Labute approximate surface area is 196 Å². The molecule has 0 radical (unpaired) electrons. The van der Waals surface area contributed by atoms with E-state index in [1.54, 1.807) is 39.0 Å². The molecule has 2 heterocycles. The van der Waals surface area contributed by atoms with Crippen LogP contribution in [0.4, 0.5) is 23.7 Å². The normalized spacial score (nSPS) is 20.5. The summed E-state index contributed by atoms with van der Waals surface area (Å²) in [4.78, 5) is 13.9. The van der Waals surface area contributed by atoms with Crippen molar-refractivity contribution >= 4 is 55.8 Å². The van der Waals surface area contributed by atoms with Crippen LogP contribution >= 0.6 is 33.9 Å². The van der Waals surface area contributed by atoms with Crippen LogP contribution < -0.4 is 5.32 Å². The first kappa shape index (κ1) is 23.9. The monoisotopic (exact) mass is 565 g/mol. The van der Waals surface area contributed by atoms with Gasteiger partial charge in [0.15, 0.2) is 6.17 Å². The van der Waals surface area contributed by atoms with Crippen molar-refractivity contribution in [2.75, 3.05) is 18.4 Å². The molecule has 0 spiro atoms. The van der Waals surface area contributed by atoms with Crippen molar-refractivity contribution in [2.45, 2.75) is 51.4 Å². The highest BCUT2D eigenvalue weighted by Crippen LogP contribution is 2.43. The molecule has 1 aliphatic heterocycles. The molecule has 1 aromatic carbocycles. The van der Waals surface area contributed by atoms with E-state index in [2.05, 4.69) is 11.4 Å². The topological polar surface area (TPSA) is 65.4 Å². The highest BCUT2D eigenvalue weighted by molar-refractivity contribution is 14.1. The molecular weight excluding hydrogens is 542 g/mol. The second kappa shape index (κ2) is 9.40. The number of thiophene rings is 1. The molecule has 2 aromatic rings. The number of carbonyl (C=O) groups is 1. The van der Waals surface area contributed by atoms with E-state index in [9.17, 15) is 23.2 Å². The molecule has 168 valence electrons. The summed E-state index contributed by atoms with van der Waals surface area (Å²) in [5, 5.41) is 13.5. The predicted molar refractivity (Wildman–Crippen MR) is 123 cm³/mol. The van der Waals surface area contributed by atoms with E-state index < -0.39 is 30.2 Å². The first-order valence-electron chi connectivity index (χ1n) is 9.79. The predicted octanol–water partition coefficient (Wildman–Crippen LogP) is 6.34. The molecule has 10 heteroatoms. The van der Waals surface area contributed by atoms with Gasteiger partial charge in [0, 0.05) is 30.1 Å². The number of nitriles is 1. The maximum Gasteiger partial charge on any atom is 0.410 e. The van der Waals surface area contributed by atoms with Gasteiger partial charge in [0.25, 0.3) is 6.43 Å². The number of benzene rings is 1. The maximum absolute atomic E-state index is 14.2. The number of ether oxygens (including phenoxy) is 1. The Bertz CT molecular complexity index is 1000. The zero-order valence-corrected chi connectivity index (χ0v) is 20.3. The standard InChI is InChI=1S/C21H23F3IN3O2S/c1-21(2,3)30-20(29)28-8-7-13(11(9-26)10-28)27-14-6-4-5-12-15(16(22)18(23)24)19(25)31-17(12)14/h4-6,11,13,16,18,27H,7-8,10H2,1-3H3. The second-order valence-corrected chi connectivity index (χ2v) is 11.2. The summed E-state index contributed by atoms with van der Waals surface area (Å²) in [6, 6.07) is 7.13. The van der Waals surface area contributed by atoms with Crippen molar-refractivity contribution in [2.24, 2.45) is 5.92 Å². The van der Waals surface area contributed by atoms with Crippen LogP contribution in [0.1, 0.15) is 38.9 Å². The van der Waals surface area contributed by atoms with Gasteiger partial charge in [-0.3, -0.25) is 0 Å².